The standard InChI is InChI=1S/C21H24N6/c1-12-23-20-16(10-19(22)26-21(20)24-12)18-9-14-7-6-13(8-17(14)25-18)11-27(2)15-4-3-5-15/h6-10,15,25H,3-5,11H2,1-2H3,(H3,22,23,24,26). The number of hydrogen-bond donors (Lipinski definition) is 3. The van der Waals surface area contributed by atoms with Gasteiger partial charge >= 0.3 is 0 Å². The highest BCUT2D eigenvalue weighted by Gasteiger charge is 2.22. The number of H-pyrrole nitrogens is 2. The van der Waals surface area contributed by atoms with E-state index >= 15 is 0 Å². The van der Waals surface area contributed by atoms with Crippen molar-refractivity contribution in [3.63, 3.8) is 0 Å². The SMILES string of the molecule is Cc1nc2c(-c3cc4ccc(CN(C)C5CCC5)cc4[nH]3)cc(N)nc2[nH]1. The van der Waals surface area contributed by atoms with Crippen molar-refractivity contribution in [3.05, 3.63) is 41.7 Å². The molecular weight excluding hydrogens is 336 g/mol. The van der Waals surface area contributed by atoms with Gasteiger partial charge in [0, 0.05) is 34.7 Å². The van der Waals surface area contributed by atoms with Crippen molar-refractivity contribution in [1.29, 1.82) is 0 Å². The quantitative estimate of drug-likeness (QED) is 0.514. The summed E-state index contributed by atoms with van der Waals surface area (Å²) in [7, 11) is 2.23. The largest absolute Gasteiger partial charge is 0.384 e. The van der Waals surface area contributed by atoms with Crippen molar-refractivity contribution >= 4 is 27.9 Å². The normalized spacial score (nSPS) is 15.1. The molecule has 0 amide bonds. The molecule has 1 saturated carbocycles. The first kappa shape index (κ1) is 16.3. The summed E-state index contributed by atoms with van der Waals surface area (Å²) >= 11 is 0. The molecule has 3 aromatic heterocycles. The number of anilines is 1. The van der Waals surface area contributed by atoms with E-state index in [-0.39, 0.29) is 0 Å². The van der Waals surface area contributed by atoms with E-state index in [1.165, 1.54) is 30.2 Å². The maximum atomic E-state index is 6.01. The molecule has 6 heteroatoms. The molecule has 3 heterocycles. The van der Waals surface area contributed by atoms with E-state index in [4.69, 9.17) is 5.73 Å². The van der Waals surface area contributed by atoms with E-state index in [1.54, 1.807) is 0 Å². The lowest BCUT2D eigenvalue weighted by molar-refractivity contribution is 0.153. The fourth-order valence-corrected chi connectivity index (χ4v) is 3.99. The van der Waals surface area contributed by atoms with E-state index in [0.29, 0.717) is 5.82 Å². The third-order valence-corrected chi connectivity index (χ3v) is 5.70. The molecule has 0 aliphatic heterocycles. The third kappa shape index (κ3) is 2.86. The molecule has 27 heavy (non-hydrogen) atoms. The Morgan fingerprint density at radius 3 is 2.78 bits per heavy atom. The minimum absolute atomic E-state index is 0.489. The number of hydrogen-bond acceptors (Lipinski definition) is 4. The first-order chi connectivity index (χ1) is 13.1. The second kappa shape index (κ2) is 6.09. The van der Waals surface area contributed by atoms with Crippen LogP contribution in [0.5, 0.6) is 0 Å². The smallest absolute Gasteiger partial charge is 0.160 e. The van der Waals surface area contributed by atoms with E-state index in [0.717, 1.165) is 46.3 Å². The van der Waals surface area contributed by atoms with Gasteiger partial charge in [0.15, 0.2) is 5.65 Å². The molecule has 0 unspecified atom stereocenters. The zero-order chi connectivity index (χ0) is 18.5. The van der Waals surface area contributed by atoms with Gasteiger partial charge in [0.05, 0.1) is 0 Å². The number of aromatic nitrogens is 4. The van der Waals surface area contributed by atoms with Crippen molar-refractivity contribution in [2.75, 3.05) is 12.8 Å². The molecule has 6 nitrogen and oxygen atoms in total. The number of nitrogens with two attached hydrogens (primary N) is 1. The summed E-state index contributed by atoms with van der Waals surface area (Å²) in [4.78, 5) is 18.1. The van der Waals surface area contributed by atoms with Gasteiger partial charge in [0.2, 0.25) is 0 Å². The third-order valence-electron chi connectivity index (χ3n) is 5.70. The molecule has 0 saturated heterocycles. The van der Waals surface area contributed by atoms with Gasteiger partial charge in [-0.25, -0.2) is 9.97 Å². The highest BCUT2D eigenvalue weighted by Crippen LogP contribution is 2.31. The van der Waals surface area contributed by atoms with Crippen LogP contribution in [0.3, 0.4) is 0 Å². The molecule has 0 radical (unpaired) electrons. The first-order valence-electron chi connectivity index (χ1n) is 9.52. The Balaban J connectivity index is 1.53. The van der Waals surface area contributed by atoms with Gasteiger partial charge in [-0.2, -0.15) is 0 Å². The van der Waals surface area contributed by atoms with Gasteiger partial charge < -0.3 is 15.7 Å². The summed E-state index contributed by atoms with van der Waals surface area (Å²) in [5.41, 5.74) is 12.0. The number of imidazole rings is 1. The van der Waals surface area contributed by atoms with Gasteiger partial charge in [-0.15, -0.1) is 0 Å². The first-order valence-corrected chi connectivity index (χ1v) is 9.52. The van der Waals surface area contributed by atoms with E-state index in [9.17, 15) is 0 Å². The second-order valence-corrected chi connectivity index (χ2v) is 7.72. The summed E-state index contributed by atoms with van der Waals surface area (Å²) in [6, 6.07) is 11.5. The Morgan fingerprint density at radius 2 is 2.00 bits per heavy atom. The van der Waals surface area contributed by atoms with Gasteiger partial charge in [-0.1, -0.05) is 18.6 Å². The number of benzene rings is 1. The summed E-state index contributed by atoms with van der Waals surface area (Å²) in [6.45, 7) is 2.91. The number of pyridine rings is 1. The number of aryl methyl sites for hydroxylation is 1. The molecule has 5 rings (SSSR count). The van der Waals surface area contributed by atoms with E-state index in [1.807, 2.05) is 13.0 Å². The summed E-state index contributed by atoms with van der Waals surface area (Å²) in [6.07, 6.45) is 4.02. The molecule has 1 aliphatic rings. The van der Waals surface area contributed by atoms with Crippen LogP contribution < -0.4 is 5.73 Å². The lowest BCUT2D eigenvalue weighted by Gasteiger charge is -2.34. The fourth-order valence-electron chi connectivity index (χ4n) is 3.99. The molecule has 4 aromatic rings. The minimum Gasteiger partial charge on any atom is -0.384 e. The topological polar surface area (TPSA) is 86.6 Å². The van der Waals surface area contributed by atoms with Crippen LogP contribution in [0.1, 0.15) is 30.7 Å². The van der Waals surface area contributed by atoms with Crippen LogP contribution in [-0.4, -0.2) is 37.9 Å². The number of nitrogen functional groups attached to an aromatic ring is 1. The number of nitrogens with one attached hydrogen (secondary N) is 2. The number of rotatable bonds is 4. The Morgan fingerprint density at radius 1 is 1.15 bits per heavy atom. The zero-order valence-corrected chi connectivity index (χ0v) is 15.7. The predicted octanol–water partition coefficient (Wildman–Crippen LogP) is 3.98. The summed E-state index contributed by atoms with van der Waals surface area (Å²) < 4.78 is 0. The molecule has 0 spiro atoms. The van der Waals surface area contributed by atoms with Crippen molar-refractivity contribution in [3.8, 4) is 11.3 Å². The van der Waals surface area contributed by atoms with Crippen LogP contribution in [0.15, 0.2) is 30.3 Å². The Labute approximate surface area is 157 Å². The summed E-state index contributed by atoms with van der Waals surface area (Å²) in [5.74, 6) is 1.32. The molecular formula is C21H24N6. The zero-order valence-electron chi connectivity index (χ0n) is 15.7. The van der Waals surface area contributed by atoms with Gasteiger partial charge in [0.1, 0.15) is 17.2 Å². The molecule has 1 fully saturated rings. The molecule has 4 N–H and O–H groups in total. The van der Waals surface area contributed by atoms with Crippen LogP contribution in [0, 0.1) is 6.92 Å². The van der Waals surface area contributed by atoms with Crippen LogP contribution in [0.4, 0.5) is 5.82 Å². The second-order valence-electron chi connectivity index (χ2n) is 7.72. The molecule has 0 atom stereocenters. The number of aromatic amines is 2. The molecule has 0 bridgehead atoms. The number of nitrogens with zero attached hydrogens (tertiary/aromatic N) is 3. The Kier molecular flexibility index (Phi) is 3.68. The fraction of sp³-hybridized carbons (Fsp3) is 0.333. The Hall–Kier alpha value is -2.86. The van der Waals surface area contributed by atoms with Crippen LogP contribution in [0.25, 0.3) is 33.3 Å². The van der Waals surface area contributed by atoms with Crippen molar-refractivity contribution in [2.45, 2.75) is 38.8 Å². The van der Waals surface area contributed by atoms with E-state index < -0.39 is 0 Å². The van der Waals surface area contributed by atoms with Crippen LogP contribution >= 0.6 is 0 Å². The molecule has 1 aliphatic carbocycles. The van der Waals surface area contributed by atoms with Crippen molar-refractivity contribution < 1.29 is 0 Å². The van der Waals surface area contributed by atoms with Gasteiger partial charge in [0.25, 0.3) is 0 Å². The average Bonchev–Trinajstić information content (AvgIpc) is 3.14. The minimum atomic E-state index is 0.489. The van der Waals surface area contributed by atoms with Crippen molar-refractivity contribution in [1.82, 2.24) is 24.8 Å². The lowest BCUT2D eigenvalue weighted by Crippen LogP contribution is -2.36. The van der Waals surface area contributed by atoms with Crippen LogP contribution in [0.2, 0.25) is 0 Å². The van der Waals surface area contributed by atoms with Crippen molar-refractivity contribution in [2.24, 2.45) is 0 Å². The van der Waals surface area contributed by atoms with E-state index in [2.05, 4.69) is 56.1 Å². The highest BCUT2D eigenvalue weighted by molar-refractivity contribution is 5.95. The van der Waals surface area contributed by atoms with Gasteiger partial charge in [-0.3, -0.25) is 4.90 Å². The molecule has 1 aromatic carbocycles. The number of fused-ring (bicyclic) bond motifs is 2. The maximum absolute atomic E-state index is 6.01. The Bertz CT molecular complexity index is 1130. The maximum Gasteiger partial charge on any atom is 0.160 e. The van der Waals surface area contributed by atoms with Gasteiger partial charge in [-0.05, 0) is 50.6 Å². The average molecular weight is 360 g/mol. The molecule has 138 valence electrons. The summed E-state index contributed by atoms with van der Waals surface area (Å²) in [5, 5.41) is 1.19. The lowest BCUT2D eigenvalue weighted by atomic mass is 9.91. The predicted molar refractivity (Wildman–Crippen MR) is 109 cm³/mol. The van der Waals surface area contributed by atoms with Crippen LogP contribution in [-0.2, 0) is 6.54 Å². The monoisotopic (exact) mass is 360 g/mol. The highest BCUT2D eigenvalue weighted by atomic mass is 15.1.